The van der Waals surface area contributed by atoms with Gasteiger partial charge in [-0.05, 0) is 30.7 Å². The maximum absolute atomic E-state index is 3.45. The molecule has 1 aromatic rings. The smallest absolute Gasteiger partial charge is 0.0317 e. The molecule has 1 nitrogen and oxygen atoms in total. The summed E-state index contributed by atoms with van der Waals surface area (Å²) in [7, 11) is 0. The van der Waals surface area contributed by atoms with Gasteiger partial charge in [0, 0.05) is 10.5 Å². The number of benzene rings is 1. The number of rotatable bonds is 4. The highest BCUT2D eigenvalue weighted by atomic mass is 79.9. The van der Waals surface area contributed by atoms with E-state index in [9.17, 15) is 0 Å². The zero-order valence-electron chi connectivity index (χ0n) is 8.18. The summed E-state index contributed by atoms with van der Waals surface area (Å²) >= 11 is 3.44. The third-order valence-corrected chi connectivity index (χ3v) is 2.66. The van der Waals surface area contributed by atoms with E-state index >= 15 is 0 Å². The number of hydrogen-bond acceptors (Lipinski definition) is 1. The van der Waals surface area contributed by atoms with E-state index in [0.29, 0.717) is 6.04 Å². The molecule has 0 aromatic heterocycles. The van der Waals surface area contributed by atoms with Gasteiger partial charge < -0.3 is 5.32 Å². The molecule has 2 heteroatoms. The molecule has 0 amide bonds. The molecule has 0 saturated carbocycles. The van der Waals surface area contributed by atoms with Crippen LogP contribution in [-0.4, -0.2) is 6.54 Å². The zero-order chi connectivity index (χ0) is 9.68. The van der Waals surface area contributed by atoms with Gasteiger partial charge in [-0.3, -0.25) is 0 Å². The Kier molecular flexibility index (Phi) is 4.46. The molecule has 0 bridgehead atoms. The third-order valence-electron chi connectivity index (χ3n) is 2.13. The molecule has 0 spiro atoms. The summed E-state index contributed by atoms with van der Waals surface area (Å²) in [4.78, 5) is 0. The van der Waals surface area contributed by atoms with Gasteiger partial charge >= 0.3 is 0 Å². The van der Waals surface area contributed by atoms with Crippen molar-refractivity contribution < 1.29 is 0 Å². The highest BCUT2D eigenvalue weighted by Gasteiger charge is 2.05. The van der Waals surface area contributed by atoms with Crippen molar-refractivity contribution in [2.75, 3.05) is 6.54 Å². The Morgan fingerprint density at radius 1 is 1.23 bits per heavy atom. The van der Waals surface area contributed by atoms with Crippen molar-refractivity contribution in [3.63, 3.8) is 0 Å². The highest BCUT2D eigenvalue weighted by Crippen LogP contribution is 2.18. The zero-order valence-corrected chi connectivity index (χ0v) is 9.76. The van der Waals surface area contributed by atoms with E-state index in [1.807, 2.05) is 0 Å². The fourth-order valence-corrected chi connectivity index (χ4v) is 1.70. The van der Waals surface area contributed by atoms with Crippen LogP contribution in [0.3, 0.4) is 0 Å². The van der Waals surface area contributed by atoms with Gasteiger partial charge in [-0.2, -0.15) is 0 Å². The van der Waals surface area contributed by atoms with E-state index < -0.39 is 0 Å². The van der Waals surface area contributed by atoms with Crippen molar-refractivity contribution in [3.8, 4) is 0 Å². The fourth-order valence-electron chi connectivity index (χ4n) is 1.44. The lowest BCUT2D eigenvalue weighted by molar-refractivity contribution is 0.537. The topological polar surface area (TPSA) is 12.0 Å². The van der Waals surface area contributed by atoms with Crippen LogP contribution in [0.15, 0.2) is 28.7 Å². The van der Waals surface area contributed by atoms with Crippen molar-refractivity contribution in [2.45, 2.75) is 26.3 Å². The summed E-state index contributed by atoms with van der Waals surface area (Å²) < 4.78 is 1.14. The number of halogens is 1. The molecule has 0 aliphatic rings. The van der Waals surface area contributed by atoms with Gasteiger partial charge in [0.15, 0.2) is 0 Å². The van der Waals surface area contributed by atoms with Crippen LogP contribution in [0.2, 0.25) is 0 Å². The summed E-state index contributed by atoms with van der Waals surface area (Å²) in [6.07, 6.45) is 1.13. The molecule has 0 unspecified atom stereocenters. The van der Waals surface area contributed by atoms with Gasteiger partial charge in [0.1, 0.15) is 0 Å². The lowest BCUT2D eigenvalue weighted by atomic mass is 10.1. The monoisotopic (exact) mass is 241 g/mol. The van der Waals surface area contributed by atoms with Gasteiger partial charge in [0.05, 0.1) is 0 Å². The van der Waals surface area contributed by atoms with Crippen molar-refractivity contribution in [3.05, 3.63) is 34.3 Å². The Bertz CT molecular complexity index is 243. The van der Waals surface area contributed by atoms with Crippen LogP contribution in [0, 0.1) is 0 Å². The first-order chi connectivity index (χ1) is 6.27. The minimum Gasteiger partial charge on any atom is -0.310 e. The van der Waals surface area contributed by atoms with Gasteiger partial charge in [0.25, 0.3) is 0 Å². The van der Waals surface area contributed by atoms with Gasteiger partial charge in [-0.25, -0.2) is 0 Å². The van der Waals surface area contributed by atoms with Crippen molar-refractivity contribution in [1.29, 1.82) is 0 Å². The second-order valence-electron chi connectivity index (χ2n) is 3.07. The minimum absolute atomic E-state index is 0.498. The Hall–Kier alpha value is -0.340. The number of nitrogens with one attached hydrogen (secondary N) is 1. The lowest BCUT2D eigenvalue weighted by Crippen LogP contribution is -2.19. The van der Waals surface area contributed by atoms with Gasteiger partial charge in [-0.15, -0.1) is 0 Å². The molecule has 1 aromatic carbocycles. The van der Waals surface area contributed by atoms with E-state index in [2.05, 4.69) is 59.4 Å². The maximum Gasteiger partial charge on any atom is 0.0317 e. The Labute approximate surface area is 88.7 Å². The fraction of sp³-hybridized carbons (Fsp3) is 0.455. The molecule has 0 radical (unpaired) electrons. The molecular weight excluding hydrogens is 226 g/mol. The highest BCUT2D eigenvalue weighted by molar-refractivity contribution is 9.10. The Morgan fingerprint density at radius 2 is 1.85 bits per heavy atom. The normalized spacial score (nSPS) is 12.8. The summed E-state index contributed by atoms with van der Waals surface area (Å²) in [5.41, 5.74) is 1.37. The van der Waals surface area contributed by atoms with Crippen LogP contribution >= 0.6 is 15.9 Å². The van der Waals surface area contributed by atoms with E-state index in [1.165, 1.54) is 5.56 Å². The van der Waals surface area contributed by atoms with Crippen molar-refractivity contribution in [1.82, 2.24) is 5.32 Å². The second kappa shape index (κ2) is 5.40. The largest absolute Gasteiger partial charge is 0.310 e. The van der Waals surface area contributed by atoms with Crippen LogP contribution in [0.1, 0.15) is 31.9 Å². The second-order valence-corrected chi connectivity index (χ2v) is 3.99. The first-order valence-corrected chi connectivity index (χ1v) is 5.56. The summed E-state index contributed by atoms with van der Waals surface area (Å²) in [6.45, 7) is 5.37. The van der Waals surface area contributed by atoms with Gasteiger partial charge in [-0.1, -0.05) is 41.9 Å². The molecule has 1 atom stereocenters. The molecule has 0 fully saturated rings. The molecule has 0 aliphatic heterocycles. The summed E-state index contributed by atoms with van der Waals surface area (Å²) in [5.74, 6) is 0. The standard InChI is InChI=1S/C11H16BrN/c1-3-11(13-4-2)9-5-7-10(12)8-6-9/h5-8,11,13H,3-4H2,1-2H3/t11-/m0/s1. The molecular formula is C11H16BrN. The molecule has 0 heterocycles. The van der Waals surface area contributed by atoms with Crippen molar-refractivity contribution in [2.24, 2.45) is 0 Å². The molecule has 0 saturated heterocycles. The van der Waals surface area contributed by atoms with Crippen LogP contribution in [0.25, 0.3) is 0 Å². The maximum atomic E-state index is 3.45. The Balaban J connectivity index is 2.73. The van der Waals surface area contributed by atoms with Crippen LogP contribution in [0.5, 0.6) is 0 Å². The number of hydrogen-bond donors (Lipinski definition) is 1. The van der Waals surface area contributed by atoms with Crippen LogP contribution in [-0.2, 0) is 0 Å². The quantitative estimate of drug-likeness (QED) is 0.851. The first kappa shape index (κ1) is 10.7. The van der Waals surface area contributed by atoms with E-state index in [0.717, 1.165) is 17.4 Å². The average molecular weight is 242 g/mol. The lowest BCUT2D eigenvalue weighted by Gasteiger charge is -2.15. The van der Waals surface area contributed by atoms with E-state index in [1.54, 1.807) is 0 Å². The van der Waals surface area contributed by atoms with Crippen LogP contribution in [0.4, 0.5) is 0 Å². The molecule has 72 valence electrons. The summed E-state index contributed by atoms with van der Waals surface area (Å²) in [6, 6.07) is 9.02. The average Bonchev–Trinajstić information content (AvgIpc) is 2.16. The molecule has 1 N–H and O–H groups in total. The van der Waals surface area contributed by atoms with Crippen LogP contribution < -0.4 is 5.32 Å². The van der Waals surface area contributed by atoms with Gasteiger partial charge in [0.2, 0.25) is 0 Å². The summed E-state index contributed by atoms with van der Waals surface area (Å²) in [5, 5.41) is 3.45. The van der Waals surface area contributed by atoms with E-state index in [-0.39, 0.29) is 0 Å². The minimum atomic E-state index is 0.498. The third kappa shape index (κ3) is 3.12. The molecule has 1 rings (SSSR count). The van der Waals surface area contributed by atoms with E-state index in [4.69, 9.17) is 0 Å². The van der Waals surface area contributed by atoms with Crippen molar-refractivity contribution >= 4 is 15.9 Å². The SMILES string of the molecule is CCN[C@@H](CC)c1ccc(Br)cc1. The predicted octanol–water partition coefficient (Wildman–Crippen LogP) is 3.51. The molecule has 13 heavy (non-hydrogen) atoms. The first-order valence-electron chi connectivity index (χ1n) is 4.76. The predicted molar refractivity (Wildman–Crippen MR) is 60.9 cm³/mol. The Morgan fingerprint density at radius 3 is 2.31 bits per heavy atom. The molecule has 0 aliphatic carbocycles.